The minimum Gasteiger partial charge on any atom is -0.339 e. The molecule has 1 amide bonds. The van der Waals surface area contributed by atoms with E-state index in [1.54, 1.807) is 35.2 Å². The first-order valence-electron chi connectivity index (χ1n) is 9.15. The van der Waals surface area contributed by atoms with Gasteiger partial charge in [-0.2, -0.15) is 0 Å². The lowest BCUT2D eigenvalue weighted by atomic mass is 10.0. The second kappa shape index (κ2) is 8.82. The van der Waals surface area contributed by atoms with E-state index < -0.39 is 10.0 Å². The number of piperidine rings is 1. The van der Waals surface area contributed by atoms with Gasteiger partial charge < -0.3 is 4.90 Å². The van der Waals surface area contributed by atoms with Crippen LogP contribution < -0.4 is 4.72 Å². The molecule has 1 N–H and O–H groups in total. The Morgan fingerprint density at radius 1 is 1.07 bits per heavy atom. The summed E-state index contributed by atoms with van der Waals surface area (Å²) in [6, 6.07) is 11.5. The summed E-state index contributed by atoms with van der Waals surface area (Å²) >= 11 is 11.9. The summed E-state index contributed by atoms with van der Waals surface area (Å²) in [6.45, 7) is 2.97. The van der Waals surface area contributed by atoms with E-state index in [2.05, 4.69) is 4.72 Å². The fourth-order valence-electron chi connectivity index (χ4n) is 3.20. The van der Waals surface area contributed by atoms with Gasteiger partial charge in [-0.1, -0.05) is 42.3 Å². The number of hydrogen-bond donors (Lipinski definition) is 1. The quantitative estimate of drug-likeness (QED) is 0.759. The molecular formula is C20H22Cl2N2O3S. The largest absolute Gasteiger partial charge is 0.339 e. The molecule has 5 nitrogen and oxygen atoms in total. The van der Waals surface area contributed by atoms with Crippen LogP contribution >= 0.6 is 23.2 Å². The van der Waals surface area contributed by atoms with Crippen molar-refractivity contribution in [2.75, 3.05) is 13.1 Å². The minimum atomic E-state index is -3.57. The number of hydrogen-bond acceptors (Lipinski definition) is 3. The second-order valence-corrected chi connectivity index (χ2v) is 9.34. The Labute approximate surface area is 175 Å². The average molecular weight is 441 g/mol. The van der Waals surface area contributed by atoms with Crippen molar-refractivity contribution in [2.24, 2.45) is 0 Å². The van der Waals surface area contributed by atoms with Crippen LogP contribution in [0.4, 0.5) is 0 Å². The summed E-state index contributed by atoms with van der Waals surface area (Å²) < 4.78 is 27.9. The molecule has 0 spiro atoms. The van der Waals surface area contributed by atoms with Crippen molar-refractivity contribution in [2.45, 2.75) is 37.1 Å². The van der Waals surface area contributed by atoms with Crippen LogP contribution in [-0.2, 0) is 16.4 Å². The number of sulfonamides is 1. The first-order valence-corrected chi connectivity index (χ1v) is 11.4. The molecule has 2 aromatic rings. The zero-order valence-electron chi connectivity index (χ0n) is 15.5. The van der Waals surface area contributed by atoms with Crippen molar-refractivity contribution in [3.8, 4) is 0 Å². The van der Waals surface area contributed by atoms with E-state index in [0.29, 0.717) is 41.5 Å². The number of aryl methyl sites for hydroxylation is 1. The molecule has 0 atom stereocenters. The van der Waals surface area contributed by atoms with E-state index in [-0.39, 0.29) is 16.8 Å². The number of rotatable bonds is 5. The Balaban J connectivity index is 1.60. The highest BCUT2D eigenvalue weighted by atomic mass is 35.5. The van der Waals surface area contributed by atoms with E-state index in [4.69, 9.17) is 23.2 Å². The first kappa shape index (κ1) is 21.1. The summed E-state index contributed by atoms with van der Waals surface area (Å²) in [5, 5.41) is 0.738. The van der Waals surface area contributed by atoms with Gasteiger partial charge in [0.05, 0.1) is 14.9 Å². The zero-order valence-corrected chi connectivity index (χ0v) is 17.8. The number of nitrogens with zero attached hydrogens (tertiary/aromatic N) is 1. The highest BCUT2D eigenvalue weighted by Crippen LogP contribution is 2.24. The normalized spacial score (nSPS) is 15.6. The molecule has 0 aromatic heterocycles. The third-order valence-corrected chi connectivity index (χ3v) is 7.19. The number of likely N-dealkylation sites (tertiary alicyclic amines) is 1. The third-order valence-electron chi connectivity index (χ3n) is 4.91. The number of nitrogens with one attached hydrogen (secondary N) is 1. The van der Waals surface area contributed by atoms with Gasteiger partial charge in [-0.05, 0) is 55.2 Å². The lowest BCUT2D eigenvalue weighted by molar-refractivity contribution is 0.0711. The molecule has 150 valence electrons. The Bertz CT molecular complexity index is 954. The first-order chi connectivity index (χ1) is 13.3. The highest BCUT2D eigenvalue weighted by Gasteiger charge is 2.27. The van der Waals surface area contributed by atoms with Gasteiger partial charge in [0.2, 0.25) is 10.0 Å². The summed E-state index contributed by atoms with van der Waals surface area (Å²) in [4.78, 5) is 14.6. The third kappa shape index (κ3) is 4.87. The van der Waals surface area contributed by atoms with Crippen LogP contribution in [0, 0.1) is 0 Å². The number of carbonyl (C=O) groups is 1. The van der Waals surface area contributed by atoms with Gasteiger partial charge in [0.15, 0.2) is 0 Å². The van der Waals surface area contributed by atoms with E-state index >= 15 is 0 Å². The maximum absolute atomic E-state index is 12.6. The molecule has 2 aromatic carbocycles. The van der Waals surface area contributed by atoms with Crippen molar-refractivity contribution in [3.63, 3.8) is 0 Å². The Hall–Kier alpha value is -1.60. The Morgan fingerprint density at radius 2 is 1.71 bits per heavy atom. The molecule has 3 rings (SSSR count). The smallest absolute Gasteiger partial charge is 0.253 e. The molecule has 0 aliphatic carbocycles. The van der Waals surface area contributed by atoms with Crippen LogP contribution in [-0.4, -0.2) is 38.4 Å². The summed E-state index contributed by atoms with van der Waals surface area (Å²) in [5.41, 5.74) is 1.57. The van der Waals surface area contributed by atoms with Gasteiger partial charge in [-0.15, -0.1) is 0 Å². The van der Waals surface area contributed by atoms with Crippen LogP contribution in [0.25, 0.3) is 0 Å². The topological polar surface area (TPSA) is 66.5 Å². The molecule has 28 heavy (non-hydrogen) atoms. The summed E-state index contributed by atoms with van der Waals surface area (Å²) in [5.74, 6) is -0.130. The lowest BCUT2D eigenvalue weighted by Gasteiger charge is -2.32. The zero-order chi connectivity index (χ0) is 20.3. The van der Waals surface area contributed by atoms with Crippen LogP contribution in [0.5, 0.6) is 0 Å². The monoisotopic (exact) mass is 440 g/mol. The summed E-state index contributed by atoms with van der Waals surface area (Å²) in [7, 11) is -3.57. The van der Waals surface area contributed by atoms with Gasteiger partial charge in [-0.3, -0.25) is 4.79 Å². The SMILES string of the molecule is CCc1ccc(S(=O)(=O)NC2CCN(C(=O)c3ccc(Cl)c(Cl)c3)CC2)cc1. The van der Waals surface area contributed by atoms with Crippen LogP contribution in [0.3, 0.4) is 0 Å². The predicted octanol–water partition coefficient (Wildman–Crippen LogP) is 4.14. The molecule has 1 fully saturated rings. The number of amides is 1. The maximum Gasteiger partial charge on any atom is 0.253 e. The van der Waals surface area contributed by atoms with Gasteiger partial charge in [-0.25, -0.2) is 13.1 Å². The minimum absolute atomic E-state index is 0.130. The molecular weight excluding hydrogens is 419 g/mol. The molecule has 0 saturated carbocycles. The van der Waals surface area contributed by atoms with Crippen molar-refractivity contribution < 1.29 is 13.2 Å². The lowest BCUT2D eigenvalue weighted by Crippen LogP contribution is -2.46. The van der Waals surface area contributed by atoms with Crippen molar-refractivity contribution in [1.29, 1.82) is 0 Å². The molecule has 8 heteroatoms. The number of benzene rings is 2. The Kier molecular flexibility index (Phi) is 6.65. The maximum atomic E-state index is 12.6. The molecule has 1 heterocycles. The van der Waals surface area contributed by atoms with Crippen molar-refractivity contribution >= 4 is 39.1 Å². The van der Waals surface area contributed by atoms with Crippen molar-refractivity contribution in [1.82, 2.24) is 9.62 Å². The van der Waals surface area contributed by atoms with Crippen LogP contribution in [0.1, 0.15) is 35.7 Å². The predicted molar refractivity (Wildman–Crippen MR) is 112 cm³/mol. The summed E-state index contributed by atoms with van der Waals surface area (Å²) in [6.07, 6.45) is 1.97. The molecule has 1 aliphatic heterocycles. The standard InChI is InChI=1S/C20H22Cl2N2O3S/c1-2-14-3-6-17(7-4-14)28(26,27)23-16-9-11-24(12-10-16)20(25)15-5-8-18(21)19(22)13-15/h3-8,13,16,23H,2,9-12H2,1H3. The molecule has 1 aliphatic rings. The number of halogens is 2. The molecule has 1 saturated heterocycles. The second-order valence-electron chi connectivity index (χ2n) is 6.81. The van der Waals surface area contributed by atoms with Crippen LogP contribution in [0.15, 0.2) is 47.4 Å². The van der Waals surface area contributed by atoms with E-state index in [9.17, 15) is 13.2 Å². The van der Waals surface area contributed by atoms with Gasteiger partial charge in [0.1, 0.15) is 0 Å². The van der Waals surface area contributed by atoms with Gasteiger partial charge in [0, 0.05) is 24.7 Å². The molecule has 0 unspecified atom stereocenters. The molecule has 0 radical (unpaired) electrons. The van der Waals surface area contributed by atoms with Gasteiger partial charge in [0.25, 0.3) is 5.91 Å². The molecule has 0 bridgehead atoms. The van der Waals surface area contributed by atoms with E-state index in [0.717, 1.165) is 12.0 Å². The van der Waals surface area contributed by atoms with Crippen molar-refractivity contribution in [3.05, 3.63) is 63.6 Å². The highest BCUT2D eigenvalue weighted by molar-refractivity contribution is 7.89. The fourth-order valence-corrected chi connectivity index (χ4v) is 4.81. The van der Waals surface area contributed by atoms with E-state index in [1.807, 2.05) is 19.1 Å². The van der Waals surface area contributed by atoms with E-state index in [1.165, 1.54) is 0 Å². The number of carbonyl (C=O) groups excluding carboxylic acids is 1. The van der Waals surface area contributed by atoms with Crippen LogP contribution in [0.2, 0.25) is 10.0 Å². The fraction of sp³-hybridized carbons (Fsp3) is 0.350. The van der Waals surface area contributed by atoms with Gasteiger partial charge >= 0.3 is 0 Å². The average Bonchev–Trinajstić information content (AvgIpc) is 2.70. The Morgan fingerprint density at radius 3 is 2.29 bits per heavy atom.